The van der Waals surface area contributed by atoms with Gasteiger partial charge < -0.3 is 15.5 Å². The lowest BCUT2D eigenvalue weighted by molar-refractivity contribution is 0.206. The number of rotatable bonds is 7. The number of aliphatic imine (C=N–C) groups is 1. The van der Waals surface area contributed by atoms with Crippen molar-refractivity contribution in [2.45, 2.75) is 59.0 Å². The van der Waals surface area contributed by atoms with E-state index in [1.807, 2.05) is 11.3 Å². The van der Waals surface area contributed by atoms with E-state index in [4.69, 9.17) is 4.99 Å². The van der Waals surface area contributed by atoms with Crippen LogP contribution in [0.1, 0.15) is 49.8 Å². The van der Waals surface area contributed by atoms with Crippen LogP contribution in [0.15, 0.2) is 17.1 Å². The molecule has 0 unspecified atom stereocenters. The van der Waals surface area contributed by atoms with Gasteiger partial charge in [0, 0.05) is 35.4 Å². The van der Waals surface area contributed by atoms with Crippen molar-refractivity contribution in [2.75, 3.05) is 26.2 Å². The lowest BCUT2D eigenvalue weighted by Gasteiger charge is -2.32. The van der Waals surface area contributed by atoms with E-state index in [2.05, 4.69) is 48.4 Å². The topological polar surface area (TPSA) is 39.7 Å². The molecule has 5 heteroatoms. The first-order chi connectivity index (χ1) is 11.2. The second-order valence-electron chi connectivity index (χ2n) is 6.18. The van der Waals surface area contributed by atoms with Crippen molar-refractivity contribution in [3.05, 3.63) is 21.9 Å². The third-order valence-corrected chi connectivity index (χ3v) is 5.49. The number of nitrogens with one attached hydrogen (secondary N) is 2. The smallest absolute Gasteiger partial charge is 0.191 e. The zero-order valence-electron chi connectivity index (χ0n) is 14.9. The summed E-state index contributed by atoms with van der Waals surface area (Å²) in [6.07, 6.45) is 4.79. The molecule has 1 saturated heterocycles. The maximum Gasteiger partial charge on any atom is 0.191 e. The Labute approximate surface area is 145 Å². The zero-order chi connectivity index (χ0) is 16.5. The van der Waals surface area contributed by atoms with Crippen molar-refractivity contribution >= 4 is 17.3 Å². The molecule has 2 heterocycles. The molecular weight excluding hydrogens is 304 g/mol. The summed E-state index contributed by atoms with van der Waals surface area (Å²) in [6, 6.07) is 4.98. The standard InChI is InChI=1S/C18H32N4S/c1-4-11-22-12-9-15(10-13-22)21-18(19-6-3)20-14-17-8-7-16(5-2)23-17/h7-8,15H,4-6,9-14H2,1-3H3,(H2,19,20,21). The van der Waals surface area contributed by atoms with Crippen LogP contribution in [0.2, 0.25) is 0 Å². The summed E-state index contributed by atoms with van der Waals surface area (Å²) in [5, 5.41) is 7.01. The SMILES string of the molecule is CCCN1CCC(NC(=NCc2ccc(CC)s2)NCC)CC1. The molecule has 130 valence electrons. The van der Waals surface area contributed by atoms with Crippen molar-refractivity contribution in [1.82, 2.24) is 15.5 Å². The molecule has 0 spiro atoms. The Kier molecular flexibility index (Phi) is 7.89. The lowest BCUT2D eigenvalue weighted by Crippen LogP contribution is -2.48. The van der Waals surface area contributed by atoms with Gasteiger partial charge in [-0.2, -0.15) is 0 Å². The van der Waals surface area contributed by atoms with Crippen molar-refractivity contribution in [2.24, 2.45) is 4.99 Å². The van der Waals surface area contributed by atoms with E-state index >= 15 is 0 Å². The number of nitrogens with zero attached hydrogens (tertiary/aromatic N) is 2. The summed E-state index contributed by atoms with van der Waals surface area (Å²) in [4.78, 5) is 10.1. The van der Waals surface area contributed by atoms with E-state index in [0.29, 0.717) is 6.04 Å². The number of piperidine rings is 1. The third kappa shape index (κ3) is 6.15. The highest BCUT2D eigenvalue weighted by Gasteiger charge is 2.19. The van der Waals surface area contributed by atoms with Gasteiger partial charge in [-0.1, -0.05) is 13.8 Å². The Morgan fingerprint density at radius 2 is 1.96 bits per heavy atom. The van der Waals surface area contributed by atoms with Gasteiger partial charge >= 0.3 is 0 Å². The van der Waals surface area contributed by atoms with Gasteiger partial charge in [-0.05, 0) is 51.3 Å². The molecule has 0 amide bonds. The van der Waals surface area contributed by atoms with Gasteiger partial charge in [0.1, 0.15) is 0 Å². The van der Waals surface area contributed by atoms with Crippen LogP contribution in [0.5, 0.6) is 0 Å². The van der Waals surface area contributed by atoms with Crippen molar-refractivity contribution < 1.29 is 0 Å². The summed E-state index contributed by atoms with van der Waals surface area (Å²) in [5.74, 6) is 0.966. The molecule has 2 rings (SSSR count). The average Bonchev–Trinajstić information content (AvgIpc) is 3.03. The number of guanidine groups is 1. The first-order valence-corrected chi connectivity index (χ1v) is 9.91. The number of aryl methyl sites for hydroxylation is 1. The molecule has 0 bridgehead atoms. The summed E-state index contributed by atoms with van der Waals surface area (Å²) in [7, 11) is 0. The maximum absolute atomic E-state index is 4.77. The quantitative estimate of drug-likeness (QED) is 0.593. The van der Waals surface area contributed by atoms with Gasteiger partial charge in [0.25, 0.3) is 0 Å². The molecule has 1 aliphatic rings. The van der Waals surface area contributed by atoms with Crippen LogP contribution in [-0.2, 0) is 13.0 Å². The lowest BCUT2D eigenvalue weighted by atomic mass is 10.1. The van der Waals surface area contributed by atoms with Crippen LogP contribution >= 0.6 is 11.3 Å². The molecule has 0 saturated carbocycles. The molecule has 23 heavy (non-hydrogen) atoms. The van der Waals surface area contributed by atoms with Gasteiger partial charge in [0.15, 0.2) is 5.96 Å². The molecule has 0 aliphatic carbocycles. The highest BCUT2D eigenvalue weighted by Crippen LogP contribution is 2.17. The van der Waals surface area contributed by atoms with E-state index in [9.17, 15) is 0 Å². The van der Waals surface area contributed by atoms with Crippen molar-refractivity contribution in [1.29, 1.82) is 0 Å². The molecule has 1 aliphatic heterocycles. The number of hydrogen-bond donors (Lipinski definition) is 2. The molecular formula is C18H32N4S. The number of likely N-dealkylation sites (tertiary alicyclic amines) is 1. The maximum atomic E-state index is 4.77. The van der Waals surface area contributed by atoms with Gasteiger partial charge in [-0.15, -0.1) is 11.3 Å². The zero-order valence-corrected chi connectivity index (χ0v) is 15.7. The molecule has 0 atom stereocenters. The Balaban J connectivity index is 1.84. The Morgan fingerprint density at radius 3 is 2.57 bits per heavy atom. The van der Waals surface area contributed by atoms with Gasteiger partial charge in [-0.3, -0.25) is 0 Å². The van der Waals surface area contributed by atoms with E-state index < -0.39 is 0 Å². The fourth-order valence-corrected chi connectivity index (χ4v) is 3.87. The summed E-state index contributed by atoms with van der Waals surface area (Å²) in [6.45, 7) is 11.9. The van der Waals surface area contributed by atoms with Crippen molar-refractivity contribution in [3.63, 3.8) is 0 Å². The van der Waals surface area contributed by atoms with Crippen LogP contribution in [0.4, 0.5) is 0 Å². The first kappa shape index (κ1) is 18.3. The van der Waals surface area contributed by atoms with E-state index in [0.717, 1.165) is 25.5 Å². The number of hydrogen-bond acceptors (Lipinski definition) is 3. The minimum absolute atomic E-state index is 0.551. The fraction of sp³-hybridized carbons (Fsp3) is 0.722. The van der Waals surface area contributed by atoms with Crippen LogP contribution in [0.25, 0.3) is 0 Å². The van der Waals surface area contributed by atoms with Crippen molar-refractivity contribution in [3.8, 4) is 0 Å². The fourth-order valence-electron chi connectivity index (χ4n) is 2.98. The number of thiophene rings is 1. The molecule has 1 fully saturated rings. The van der Waals surface area contributed by atoms with Gasteiger partial charge in [0.2, 0.25) is 0 Å². The summed E-state index contributed by atoms with van der Waals surface area (Å²) < 4.78 is 0. The Morgan fingerprint density at radius 1 is 1.22 bits per heavy atom. The highest BCUT2D eigenvalue weighted by molar-refractivity contribution is 7.11. The monoisotopic (exact) mass is 336 g/mol. The first-order valence-electron chi connectivity index (χ1n) is 9.09. The minimum atomic E-state index is 0.551. The van der Waals surface area contributed by atoms with Crippen LogP contribution in [0, 0.1) is 0 Å². The summed E-state index contributed by atoms with van der Waals surface area (Å²) in [5.41, 5.74) is 0. The van der Waals surface area contributed by atoms with Crippen LogP contribution in [-0.4, -0.2) is 43.1 Å². The molecule has 1 aromatic heterocycles. The second-order valence-corrected chi connectivity index (χ2v) is 7.43. The van der Waals surface area contributed by atoms with E-state index in [1.54, 1.807) is 0 Å². The van der Waals surface area contributed by atoms with E-state index in [-0.39, 0.29) is 0 Å². The van der Waals surface area contributed by atoms with E-state index in [1.165, 1.54) is 48.7 Å². The molecule has 4 nitrogen and oxygen atoms in total. The molecule has 0 radical (unpaired) electrons. The van der Waals surface area contributed by atoms with Crippen LogP contribution in [0.3, 0.4) is 0 Å². The molecule has 1 aromatic rings. The molecule has 0 aromatic carbocycles. The van der Waals surface area contributed by atoms with Crippen LogP contribution < -0.4 is 10.6 Å². The normalized spacial score (nSPS) is 17.4. The predicted molar refractivity (Wildman–Crippen MR) is 101 cm³/mol. The average molecular weight is 337 g/mol. The highest BCUT2D eigenvalue weighted by atomic mass is 32.1. The molecule has 2 N–H and O–H groups in total. The Bertz CT molecular complexity index is 475. The minimum Gasteiger partial charge on any atom is -0.357 e. The Hall–Kier alpha value is -1.07. The largest absolute Gasteiger partial charge is 0.357 e. The van der Waals surface area contributed by atoms with Gasteiger partial charge in [0.05, 0.1) is 6.54 Å². The second kappa shape index (κ2) is 9.93. The summed E-state index contributed by atoms with van der Waals surface area (Å²) >= 11 is 1.88. The van der Waals surface area contributed by atoms with Gasteiger partial charge in [-0.25, -0.2) is 4.99 Å². The third-order valence-electron chi connectivity index (χ3n) is 4.27. The predicted octanol–water partition coefficient (Wildman–Crippen LogP) is 3.24.